The molecule has 1 N–H and O–H groups in total. The molecule has 35 heavy (non-hydrogen) atoms. The smallest absolute Gasteiger partial charge is 0.412 e. The largest absolute Gasteiger partial charge is 0.444 e. The second-order valence-electron chi connectivity index (χ2n) is 11.0. The molecule has 0 aromatic heterocycles. The Morgan fingerprint density at radius 2 is 1.57 bits per heavy atom. The maximum Gasteiger partial charge on any atom is 0.412 e. The summed E-state index contributed by atoms with van der Waals surface area (Å²) in [5, 5.41) is 11.3. The van der Waals surface area contributed by atoms with Crippen LogP contribution in [0, 0.1) is 11.8 Å². The molecule has 2 aromatic carbocycles. The van der Waals surface area contributed by atoms with Crippen molar-refractivity contribution in [2.45, 2.75) is 71.2 Å². The molecule has 2 heterocycles. The van der Waals surface area contributed by atoms with Gasteiger partial charge < -0.3 is 14.7 Å². The molecule has 6 nitrogen and oxygen atoms in total. The fourth-order valence-electron chi connectivity index (χ4n) is 5.54. The summed E-state index contributed by atoms with van der Waals surface area (Å²) in [6.45, 7) is 8.56. The molecule has 6 heteroatoms. The summed E-state index contributed by atoms with van der Waals surface area (Å²) in [7, 11) is 0. The van der Waals surface area contributed by atoms with Crippen molar-refractivity contribution in [3.8, 4) is 11.1 Å². The maximum atomic E-state index is 13.2. The topological polar surface area (TPSA) is 70.1 Å². The van der Waals surface area contributed by atoms with Crippen LogP contribution in [0.3, 0.4) is 0 Å². The molecular formula is C29H38N2O4. The molecule has 0 aliphatic carbocycles. The molecule has 2 fully saturated rings. The Labute approximate surface area is 208 Å². The zero-order valence-corrected chi connectivity index (χ0v) is 21.3. The Morgan fingerprint density at radius 3 is 2.14 bits per heavy atom. The monoisotopic (exact) mass is 478 g/mol. The lowest BCUT2D eigenvalue weighted by Gasteiger charge is -2.36. The highest BCUT2D eigenvalue weighted by molar-refractivity contribution is 5.73. The number of benzene rings is 2. The average Bonchev–Trinajstić information content (AvgIpc) is 3.14. The van der Waals surface area contributed by atoms with Crippen LogP contribution in [0.15, 0.2) is 54.6 Å². The van der Waals surface area contributed by atoms with Crippen molar-refractivity contribution in [3.05, 3.63) is 60.2 Å². The normalized spacial score (nSPS) is 23.4. The number of aliphatic hydroxyl groups is 1. The van der Waals surface area contributed by atoms with E-state index >= 15 is 0 Å². The molecule has 188 valence electrons. The van der Waals surface area contributed by atoms with Gasteiger partial charge in [0.15, 0.2) is 0 Å². The number of amides is 2. The first-order chi connectivity index (χ1) is 16.6. The third kappa shape index (κ3) is 6.04. The number of likely N-dealkylation sites (tertiary alicyclic amines) is 2. The summed E-state index contributed by atoms with van der Waals surface area (Å²) < 4.78 is 5.70. The summed E-state index contributed by atoms with van der Waals surface area (Å²) in [6.07, 6.45) is 1.75. The number of nitrogens with zero attached hydrogens (tertiary/aromatic N) is 2. The lowest BCUT2D eigenvalue weighted by molar-refractivity contribution is -0.130. The van der Waals surface area contributed by atoms with Gasteiger partial charge in [-0.05, 0) is 69.1 Å². The summed E-state index contributed by atoms with van der Waals surface area (Å²) in [5.74, 6) is 0.351. The fourth-order valence-corrected chi connectivity index (χ4v) is 5.54. The molecule has 2 saturated heterocycles. The number of piperidine rings is 1. The maximum absolute atomic E-state index is 13.2. The van der Waals surface area contributed by atoms with Gasteiger partial charge in [0.1, 0.15) is 11.8 Å². The highest BCUT2D eigenvalue weighted by Crippen LogP contribution is 2.40. The summed E-state index contributed by atoms with van der Waals surface area (Å²) >= 11 is 0. The number of carbonyl (C=O) groups is 2. The van der Waals surface area contributed by atoms with Gasteiger partial charge >= 0.3 is 6.09 Å². The van der Waals surface area contributed by atoms with Gasteiger partial charge in [0, 0.05) is 32.0 Å². The van der Waals surface area contributed by atoms with Gasteiger partial charge in [-0.15, -0.1) is 0 Å². The quantitative estimate of drug-likeness (QED) is 0.664. The third-order valence-corrected chi connectivity index (χ3v) is 7.33. The summed E-state index contributed by atoms with van der Waals surface area (Å²) in [6, 6.07) is 18.6. The van der Waals surface area contributed by atoms with E-state index in [0.717, 1.165) is 30.4 Å². The molecule has 4 rings (SSSR count). The van der Waals surface area contributed by atoms with E-state index in [1.807, 2.05) is 43.9 Å². The number of carbonyl (C=O) groups excluding carboxylic acids is 2. The Bertz CT molecular complexity index is 1010. The molecule has 2 aliphatic rings. The van der Waals surface area contributed by atoms with E-state index < -0.39 is 17.9 Å². The molecule has 0 radical (unpaired) electrons. The molecular weight excluding hydrogens is 440 g/mol. The van der Waals surface area contributed by atoms with Crippen molar-refractivity contribution in [3.63, 3.8) is 0 Å². The first kappa shape index (κ1) is 25.2. The van der Waals surface area contributed by atoms with Gasteiger partial charge in [0.25, 0.3) is 0 Å². The van der Waals surface area contributed by atoms with Gasteiger partial charge in [-0.2, -0.15) is 0 Å². The van der Waals surface area contributed by atoms with Crippen molar-refractivity contribution in [1.29, 1.82) is 0 Å². The lowest BCUT2D eigenvalue weighted by atomic mass is 9.81. The van der Waals surface area contributed by atoms with Gasteiger partial charge in [-0.3, -0.25) is 9.69 Å². The van der Waals surface area contributed by atoms with Crippen molar-refractivity contribution in [1.82, 2.24) is 9.80 Å². The first-order valence-electron chi connectivity index (χ1n) is 12.7. The van der Waals surface area contributed by atoms with Crippen LogP contribution in [-0.4, -0.2) is 57.9 Å². The van der Waals surface area contributed by atoms with E-state index in [1.165, 1.54) is 5.56 Å². The lowest BCUT2D eigenvalue weighted by Crippen LogP contribution is -2.47. The van der Waals surface area contributed by atoms with Gasteiger partial charge in [-0.1, -0.05) is 54.6 Å². The zero-order valence-electron chi connectivity index (χ0n) is 21.3. The highest BCUT2D eigenvalue weighted by Gasteiger charge is 2.47. The van der Waals surface area contributed by atoms with Crippen molar-refractivity contribution >= 4 is 12.0 Å². The van der Waals surface area contributed by atoms with Gasteiger partial charge in [0.05, 0.1) is 0 Å². The molecule has 2 aromatic rings. The van der Waals surface area contributed by atoms with Crippen molar-refractivity contribution in [2.24, 2.45) is 11.8 Å². The standard InChI is InChI=1S/C29H38N2O4/c1-20(32)30-16-14-24(15-17-30)26-19-25(31(27(26)33)28(34)35-29(2,3)4)18-21-10-12-23(13-11-21)22-8-6-5-7-9-22/h5-13,24-27,33H,14-19H2,1-4H3/t25-,26?,27?/m1/s1. The molecule has 0 saturated carbocycles. The van der Waals surface area contributed by atoms with Crippen LogP contribution in [-0.2, 0) is 16.0 Å². The minimum atomic E-state index is -0.882. The van der Waals surface area contributed by atoms with E-state index in [2.05, 4.69) is 36.4 Å². The van der Waals surface area contributed by atoms with Crippen LogP contribution in [0.4, 0.5) is 4.79 Å². The third-order valence-electron chi connectivity index (χ3n) is 7.33. The predicted molar refractivity (Wildman–Crippen MR) is 137 cm³/mol. The van der Waals surface area contributed by atoms with Gasteiger partial charge in [-0.25, -0.2) is 4.79 Å². The summed E-state index contributed by atoms with van der Waals surface area (Å²) in [4.78, 5) is 28.4. The first-order valence-corrected chi connectivity index (χ1v) is 12.7. The number of aliphatic hydroxyl groups excluding tert-OH is 1. The Hall–Kier alpha value is -2.86. The zero-order chi connectivity index (χ0) is 25.2. The Balaban J connectivity index is 1.51. The fraction of sp³-hybridized carbons (Fsp3) is 0.517. The van der Waals surface area contributed by atoms with Crippen LogP contribution in [0.2, 0.25) is 0 Å². The van der Waals surface area contributed by atoms with Crippen LogP contribution in [0.25, 0.3) is 11.1 Å². The van der Waals surface area contributed by atoms with Gasteiger partial charge in [0.2, 0.25) is 5.91 Å². The van der Waals surface area contributed by atoms with Crippen LogP contribution >= 0.6 is 0 Å². The van der Waals surface area contributed by atoms with E-state index in [0.29, 0.717) is 19.5 Å². The molecule has 0 spiro atoms. The molecule has 3 atom stereocenters. The number of ether oxygens (including phenoxy) is 1. The SMILES string of the molecule is CC(=O)N1CCC(C2C[C@@H](Cc3ccc(-c4ccccc4)cc3)N(C(=O)OC(C)(C)C)C2O)CC1. The Kier molecular flexibility index (Phi) is 7.50. The van der Waals surface area contributed by atoms with E-state index in [9.17, 15) is 14.7 Å². The van der Waals surface area contributed by atoms with E-state index in [4.69, 9.17) is 4.74 Å². The predicted octanol–water partition coefficient (Wildman–Crippen LogP) is 5.10. The average molecular weight is 479 g/mol. The van der Waals surface area contributed by atoms with E-state index in [-0.39, 0.29) is 23.8 Å². The van der Waals surface area contributed by atoms with Crippen molar-refractivity contribution in [2.75, 3.05) is 13.1 Å². The number of rotatable bonds is 4. The van der Waals surface area contributed by atoms with Crippen LogP contribution in [0.5, 0.6) is 0 Å². The number of hydrogen-bond acceptors (Lipinski definition) is 4. The van der Waals surface area contributed by atoms with Crippen LogP contribution < -0.4 is 0 Å². The molecule has 2 aliphatic heterocycles. The van der Waals surface area contributed by atoms with E-state index in [1.54, 1.807) is 11.8 Å². The second kappa shape index (κ2) is 10.4. The minimum absolute atomic E-state index is 0.0229. The number of hydrogen-bond donors (Lipinski definition) is 1. The second-order valence-corrected chi connectivity index (χ2v) is 11.0. The summed E-state index contributed by atoms with van der Waals surface area (Å²) in [5.41, 5.74) is 2.81. The minimum Gasteiger partial charge on any atom is -0.444 e. The molecule has 2 unspecified atom stereocenters. The molecule has 0 bridgehead atoms. The van der Waals surface area contributed by atoms with Crippen LogP contribution in [0.1, 0.15) is 52.5 Å². The van der Waals surface area contributed by atoms with Crippen molar-refractivity contribution < 1.29 is 19.4 Å². The Morgan fingerprint density at radius 1 is 0.971 bits per heavy atom. The molecule has 2 amide bonds. The highest BCUT2D eigenvalue weighted by atomic mass is 16.6.